The van der Waals surface area contributed by atoms with Gasteiger partial charge in [-0.3, -0.25) is 0 Å². The number of benzene rings is 13. The van der Waals surface area contributed by atoms with E-state index in [1.807, 2.05) is 120 Å². The summed E-state index contributed by atoms with van der Waals surface area (Å²) in [5, 5.41) is 1.37. The van der Waals surface area contributed by atoms with Crippen molar-refractivity contribution in [1.29, 1.82) is 0 Å². The molecule has 2 aliphatic rings. The van der Waals surface area contributed by atoms with Gasteiger partial charge < -0.3 is 18.9 Å². The number of nitrogens with zero attached hydrogens (tertiary/aromatic N) is 4. The van der Waals surface area contributed by atoms with Crippen LogP contribution in [0.5, 0.6) is 0 Å². The Bertz CT molecular complexity index is 6290. The minimum Gasteiger partial charge on any atom is -0.310 e. The van der Waals surface area contributed by atoms with Gasteiger partial charge in [0.15, 0.2) is 0 Å². The van der Waals surface area contributed by atoms with Crippen LogP contribution in [-0.2, 0) is 32.0 Å². The summed E-state index contributed by atoms with van der Waals surface area (Å²) in [6.45, 7) is 29.6. The van der Waals surface area contributed by atoms with Crippen molar-refractivity contribution in [2.45, 2.75) is 136 Å². The van der Waals surface area contributed by atoms with Gasteiger partial charge in [-0.1, -0.05) is 286 Å². The molecule has 0 atom stereocenters. The van der Waals surface area contributed by atoms with Crippen LogP contribution in [0.25, 0.3) is 99.5 Å². The van der Waals surface area contributed by atoms with Crippen molar-refractivity contribution in [2.24, 2.45) is 27.1 Å². The van der Waals surface area contributed by atoms with Crippen molar-refractivity contribution >= 4 is 101 Å². The first-order valence-corrected chi connectivity index (χ1v) is 38.0. The van der Waals surface area contributed by atoms with E-state index in [4.69, 9.17) is 0 Å². The largest absolute Gasteiger partial charge is 0.310 e. The van der Waals surface area contributed by atoms with Crippen molar-refractivity contribution in [1.82, 2.24) is 9.13 Å². The lowest BCUT2D eigenvalue weighted by Crippen LogP contribution is -2.61. The highest BCUT2D eigenvalue weighted by Gasteiger charge is 2.46. The van der Waals surface area contributed by atoms with Gasteiger partial charge in [0.1, 0.15) is 0 Å². The molecule has 2 aliphatic heterocycles. The molecule has 0 aliphatic carbocycles. The van der Waals surface area contributed by atoms with Gasteiger partial charge in [0.05, 0.1) is 44.4 Å². The molecule has 0 N–H and O–H groups in total. The molecule has 0 saturated heterocycles. The maximum absolute atomic E-state index is 11.0. The Kier molecular flexibility index (Phi) is 13.6. The first-order chi connectivity index (χ1) is 57.3. The highest BCUT2D eigenvalue weighted by atomic mass is 15.2. The molecule has 536 valence electrons. The molecule has 5 heteroatoms. The Morgan fingerprint density at radius 2 is 0.630 bits per heavy atom. The van der Waals surface area contributed by atoms with E-state index in [0.717, 1.165) is 83.4 Å². The fraction of sp³-hybridized carbons (Fsp3) is 0.243. The molecule has 0 spiro atoms. The number of hydrogen-bond donors (Lipinski definition) is 0. The molecule has 108 heavy (non-hydrogen) atoms. The second-order valence-electron chi connectivity index (χ2n) is 35.2. The SMILES string of the molecule is [2H]c1c([2H])c([2H])c2c(c1[2H])c1cc(C([2H])([2H])C(C)(C)C)ccc1n2-c1ccc2c(c1)N(c1c(-c3ccccc3)cc(CC(C)(C)C)cc1-c1ccccc1)c1cc(C([2H])([2H])C(C)(C)C)cc3c1B2c1ccc(-n2c4ccc(C([2H])([2H])C(C)(C)C)cc4c4c([2H])c([2H])c([2H])c([2H])c42)cc1N3c1c(-c2ccccc2)cc(CC(C)(C)C)cc1-c1ccccc1. The fourth-order valence-corrected chi connectivity index (χ4v) is 16.9. The average molecular weight is 1420 g/mol. The maximum atomic E-state index is 11.0. The molecule has 0 unspecified atom stereocenters. The van der Waals surface area contributed by atoms with Gasteiger partial charge in [-0.25, -0.2) is 0 Å². The van der Waals surface area contributed by atoms with Gasteiger partial charge in [-0.2, -0.15) is 0 Å². The molecule has 0 fully saturated rings. The van der Waals surface area contributed by atoms with E-state index in [-0.39, 0.29) is 56.8 Å². The second kappa shape index (κ2) is 26.5. The predicted octanol–water partition coefficient (Wildman–Crippen LogP) is 26.6. The van der Waals surface area contributed by atoms with Gasteiger partial charge in [0.2, 0.25) is 0 Å². The minimum atomic E-state index is -2.11. The molecule has 4 nitrogen and oxygen atoms in total. The van der Waals surface area contributed by atoms with Gasteiger partial charge in [-0.05, 0) is 223 Å². The van der Waals surface area contributed by atoms with Gasteiger partial charge >= 0.3 is 0 Å². The number of hydrogen-bond acceptors (Lipinski definition) is 2. The van der Waals surface area contributed by atoms with E-state index in [1.54, 1.807) is 24.3 Å². The van der Waals surface area contributed by atoms with E-state index in [1.165, 1.54) is 0 Å². The zero-order chi connectivity index (χ0) is 87.3. The van der Waals surface area contributed by atoms with E-state index >= 15 is 0 Å². The molecule has 0 bridgehead atoms. The summed E-state index contributed by atoms with van der Waals surface area (Å²) in [4.78, 5) is 4.70. The van der Waals surface area contributed by atoms with E-state index in [2.05, 4.69) is 209 Å². The average Bonchev–Trinajstić information content (AvgIpc) is 0.772. The van der Waals surface area contributed by atoms with Crippen LogP contribution in [0.3, 0.4) is 0 Å². The Morgan fingerprint density at radius 1 is 0.296 bits per heavy atom. The van der Waals surface area contributed by atoms with Crippen molar-refractivity contribution < 1.29 is 19.2 Å². The zero-order valence-corrected chi connectivity index (χ0v) is 64.7. The highest BCUT2D eigenvalue weighted by Crippen LogP contribution is 2.55. The summed E-state index contributed by atoms with van der Waals surface area (Å²) in [6.07, 6.45) is -4.49. The summed E-state index contributed by atoms with van der Waals surface area (Å²) >= 11 is 0. The van der Waals surface area contributed by atoms with Crippen LogP contribution < -0.4 is 26.2 Å². The summed E-state index contributed by atoms with van der Waals surface area (Å²) in [5.74, 6) is 0. The molecule has 0 radical (unpaired) electrons. The first-order valence-electron chi connectivity index (χ1n) is 45.0. The first kappa shape index (κ1) is 55.5. The summed E-state index contributed by atoms with van der Waals surface area (Å²) in [5.41, 5.74) is 16.5. The lowest BCUT2D eigenvalue weighted by atomic mass is 9.33. The van der Waals surface area contributed by atoms with Crippen LogP contribution in [0.4, 0.5) is 34.1 Å². The minimum absolute atomic E-state index is 0.180. The van der Waals surface area contributed by atoms with Gasteiger partial charge in [-0.15, -0.1) is 0 Å². The molecule has 17 rings (SSSR count). The van der Waals surface area contributed by atoms with Crippen molar-refractivity contribution in [3.63, 3.8) is 0 Å². The molecular weight excluding hydrogens is 1300 g/mol. The van der Waals surface area contributed by atoms with E-state index in [9.17, 15) is 19.2 Å². The quantitative estimate of drug-likeness (QED) is 0.107. The molecule has 0 saturated carbocycles. The Morgan fingerprint density at radius 3 is 0.963 bits per heavy atom. The van der Waals surface area contributed by atoms with E-state index in [0.29, 0.717) is 85.5 Å². The standard InChI is InChI=1S/C103H101BN4/c1-99(2,3)62-67-44-50-90-84(52-67)78-40-28-30-42-88(78)105(90)76-46-48-86-92(60-76)107(97-80(72-32-20-16-21-33-72)54-69(64-101(7,8)9)55-81(97)73-34-22-17-23-35-73)94-58-71(66-103(13,14)15)59-95-96(94)104(86)87-49-47-77(106-89-43-31-29-41-79(89)85-53-68(45-51-91(85)106)63-100(4,5)6)61-93(87)108(95)98-82(74-36-24-18-25-37-74)56-70(65-102(10,11)12)57-83(98)75-38-26-19-27-39-75/h16-61H,62-66H2,1-15H3/i28D,29D,30D,31D,40D,41D,42D,43D,62D2,63D2,66D2. The van der Waals surface area contributed by atoms with Crippen LogP contribution in [0, 0.1) is 27.1 Å². The Balaban J connectivity index is 1.10. The third-order valence-corrected chi connectivity index (χ3v) is 20.5. The van der Waals surface area contributed by atoms with Crippen LogP contribution >= 0.6 is 0 Å². The topological polar surface area (TPSA) is 16.3 Å². The maximum Gasteiger partial charge on any atom is 0.252 e. The molecule has 4 heterocycles. The van der Waals surface area contributed by atoms with Crippen molar-refractivity contribution in [3.05, 3.63) is 307 Å². The van der Waals surface area contributed by atoms with Crippen molar-refractivity contribution in [2.75, 3.05) is 9.80 Å². The monoisotopic (exact) mass is 1420 g/mol. The zero-order valence-electron chi connectivity index (χ0n) is 78.7. The predicted molar refractivity (Wildman–Crippen MR) is 467 cm³/mol. The lowest BCUT2D eigenvalue weighted by Gasteiger charge is -2.46. The summed E-state index contributed by atoms with van der Waals surface area (Å²) in [7, 11) is 0. The van der Waals surface area contributed by atoms with E-state index < -0.39 is 66.2 Å². The number of fused-ring (bicyclic) bond motifs is 10. The summed E-state index contributed by atoms with van der Waals surface area (Å²) < 4.78 is 142. The smallest absolute Gasteiger partial charge is 0.252 e. The molecule has 2 aromatic heterocycles. The normalized spacial score (nSPS) is 15.5. The molecule has 0 amide bonds. The van der Waals surface area contributed by atoms with Crippen LogP contribution in [-0.4, -0.2) is 15.8 Å². The molecule has 13 aromatic carbocycles. The summed E-state index contributed by atoms with van der Waals surface area (Å²) in [6, 6.07) is 75.6. The number of para-hydroxylation sites is 2. The third-order valence-electron chi connectivity index (χ3n) is 20.5. The van der Waals surface area contributed by atoms with Crippen LogP contribution in [0.1, 0.15) is 151 Å². The molecular formula is C103H101BN4. The number of aromatic nitrogens is 2. The van der Waals surface area contributed by atoms with Crippen LogP contribution in [0.15, 0.2) is 279 Å². The number of rotatable bonds is 13. The second-order valence-corrected chi connectivity index (χ2v) is 35.2. The van der Waals surface area contributed by atoms with Gasteiger partial charge in [0, 0.05) is 86.1 Å². The highest BCUT2D eigenvalue weighted by molar-refractivity contribution is 7.00. The number of anilines is 6. The third kappa shape index (κ3) is 13.3. The fourth-order valence-electron chi connectivity index (χ4n) is 16.9. The Labute approximate surface area is 661 Å². The Hall–Kier alpha value is -10.9. The molecule has 15 aromatic rings. The lowest BCUT2D eigenvalue weighted by molar-refractivity contribution is 0.411. The van der Waals surface area contributed by atoms with Gasteiger partial charge in [0.25, 0.3) is 6.71 Å². The van der Waals surface area contributed by atoms with Crippen LogP contribution in [0.2, 0.25) is 0 Å². The van der Waals surface area contributed by atoms with Crippen molar-refractivity contribution in [3.8, 4) is 55.9 Å².